The average Bonchev–Trinajstić information content (AvgIpc) is 2.78. The van der Waals surface area contributed by atoms with Crippen molar-refractivity contribution in [1.29, 1.82) is 0 Å². The van der Waals surface area contributed by atoms with Crippen molar-refractivity contribution in [2.24, 2.45) is 0 Å². The van der Waals surface area contributed by atoms with Crippen molar-refractivity contribution < 1.29 is 27.4 Å². The Bertz CT molecular complexity index is 317. The molecule has 1 heterocycles. The molecule has 2 rings (SSSR count). The zero-order chi connectivity index (χ0) is 13.9. The molecule has 1 aliphatic heterocycles. The molecule has 0 atom stereocenters. The van der Waals surface area contributed by atoms with Crippen LogP contribution in [0.25, 0.3) is 0 Å². The molecule has 0 unspecified atom stereocenters. The van der Waals surface area contributed by atoms with E-state index in [1.165, 1.54) is 0 Å². The molecular weight excluding hydrogens is 263 g/mol. The third-order valence-electron chi connectivity index (χ3n) is 3.56. The number of halogens is 3. The summed E-state index contributed by atoms with van der Waals surface area (Å²) in [5, 5.41) is 2.65. The number of amides is 1. The minimum absolute atomic E-state index is 0.0702. The van der Waals surface area contributed by atoms with Crippen LogP contribution in [0.3, 0.4) is 0 Å². The highest BCUT2D eigenvalue weighted by Gasteiger charge is 2.40. The van der Waals surface area contributed by atoms with E-state index in [9.17, 15) is 18.0 Å². The van der Waals surface area contributed by atoms with Crippen LogP contribution in [0.2, 0.25) is 0 Å². The average molecular weight is 281 g/mol. The minimum Gasteiger partial charge on any atom is -0.353 e. The van der Waals surface area contributed by atoms with Gasteiger partial charge < -0.3 is 14.8 Å². The maximum atomic E-state index is 12.0. The summed E-state index contributed by atoms with van der Waals surface area (Å²) in [6, 6.07) is -0.0702. The van der Waals surface area contributed by atoms with Gasteiger partial charge in [-0.2, -0.15) is 13.2 Å². The Hall–Kier alpha value is -0.820. The van der Waals surface area contributed by atoms with Gasteiger partial charge in [0.15, 0.2) is 5.79 Å². The summed E-state index contributed by atoms with van der Waals surface area (Å²) in [5.74, 6) is -1.04. The summed E-state index contributed by atoms with van der Waals surface area (Å²) >= 11 is 0. The molecule has 1 N–H and O–H groups in total. The van der Waals surface area contributed by atoms with Gasteiger partial charge in [0.2, 0.25) is 5.91 Å². The van der Waals surface area contributed by atoms with Crippen LogP contribution >= 0.6 is 0 Å². The first-order chi connectivity index (χ1) is 8.89. The number of carbonyl (C=O) groups excluding carboxylic acids is 1. The molecule has 0 aromatic rings. The monoisotopic (exact) mass is 281 g/mol. The van der Waals surface area contributed by atoms with Gasteiger partial charge in [0.25, 0.3) is 0 Å². The van der Waals surface area contributed by atoms with Gasteiger partial charge in [0, 0.05) is 25.3 Å². The molecule has 4 nitrogen and oxygen atoms in total. The Morgan fingerprint density at radius 3 is 2.32 bits per heavy atom. The van der Waals surface area contributed by atoms with Gasteiger partial charge in [-0.05, 0) is 12.8 Å². The van der Waals surface area contributed by atoms with Gasteiger partial charge in [-0.25, -0.2) is 0 Å². The first-order valence-electron chi connectivity index (χ1n) is 6.53. The molecule has 1 amide bonds. The first-order valence-corrected chi connectivity index (χ1v) is 6.53. The van der Waals surface area contributed by atoms with E-state index in [0.717, 1.165) is 0 Å². The normalized spacial score (nSPS) is 23.7. The molecule has 0 bridgehead atoms. The summed E-state index contributed by atoms with van der Waals surface area (Å²) in [7, 11) is 0. The predicted octanol–water partition coefficient (Wildman–Crippen LogP) is 2.13. The smallest absolute Gasteiger partial charge is 0.353 e. The fourth-order valence-corrected chi connectivity index (χ4v) is 2.54. The zero-order valence-electron chi connectivity index (χ0n) is 10.6. The molecule has 7 heteroatoms. The van der Waals surface area contributed by atoms with Gasteiger partial charge in [-0.1, -0.05) is 0 Å². The fourth-order valence-electron chi connectivity index (χ4n) is 2.54. The number of ether oxygens (including phenoxy) is 2. The van der Waals surface area contributed by atoms with Crippen LogP contribution in [0.1, 0.15) is 38.5 Å². The van der Waals surface area contributed by atoms with Crippen LogP contribution < -0.4 is 5.32 Å². The Morgan fingerprint density at radius 2 is 1.79 bits per heavy atom. The van der Waals surface area contributed by atoms with Gasteiger partial charge in [-0.3, -0.25) is 4.79 Å². The lowest BCUT2D eigenvalue weighted by Gasteiger charge is -2.35. The molecule has 2 aliphatic rings. The summed E-state index contributed by atoms with van der Waals surface area (Å²) in [6.07, 6.45) is -3.14. The number of rotatable bonds is 3. The molecule has 110 valence electrons. The Labute approximate surface area is 109 Å². The molecule has 0 aromatic heterocycles. The van der Waals surface area contributed by atoms with E-state index >= 15 is 0 Å². The zero-order valence-corrected chi connectivity index (χ0v) is 10.6. The Kier molecular flexibility index (Phi) is 4.35. The molecule has 1 saturated heterocycles. The number of nitrogens with one attached hydrogen (secondary N) is 1. The van der Waals surface area contributed by atoms with Crippen LogP contribution in [-0.4, -0.2) is 37.1 Å². The molecule has 1 aliphatic carbocycles. The number of hydrogen-bond donors (Lipinski definition) is 1. The third-order valence-corrected chi connectivity index (χ3v) is 3.56. The molecule has 19 heavy (non-hydrogen) atoms. The molecular formula is C12H18F3NO3. The fraction of sp³-hybridized carbons (Fsp3) is 0.917. The highest BCUT2D eigenvalue weighted by molar-refractivity contribution is 5.76. The summed E-state index contributed by atoms with van der Waals surface area (Å²) in [4.78, 5) is 11.4. The van der Waals surface area contributed by atoms with Crippen molar-refractivity contribution in [1.82, 2.24) is 5.32 Å². The lowest BCUT2D eigenvalue weighted by Crippen LogP contribution is -2.44. The van der Waals surface area contributed by atoms with Gasteiger partial charge in [0.05, 0.1) is 19.6 Å². The topological polar surface area (TPSA) is 47.6 Å². The molecule has 1 saturated carbocycles. The van der Waals surface area contributed by atoms with E-state index in [1.54, 1.807) is 0 Å². The van der Waals surface area contributed by atoms with Crippen molar-refractivity contribution in [3.05, 3.63) is 0 Å². The van der Waals surface area contributed by atoms with E-state index < -0.39 is 30.7 Å². The van der Waals surface area contributed by atoms with Crippen LogP contribution in [0.4, 0.5) is 13.2 Å². The van der Waals surface area contributed by atoms with Gasteiger partial charge >= 0.3 is 6.18 Å². The standard InChI is InChI=1S/C12H18F3NO3/c13-12(14,15)6-3-10(17)16-9-1-4-11(5-2-9)18-7-8-19-11/h9H,1-8H2,(H,16,17). The van der Waals surface area contributed by atoms with Crippen molar-refractivity contribution in [2.75, 3.05) is 13.2 Å². The maximum absolute atomic E-state index is 12.0. The van der Waals surface area contributed by atoms with Crippen LogP contribution in [0.15, 0.2) is 0 Å². The maximum Gasteiger partial charge on any atom is 0.389 e. The van der Waals surface area contributed by atoms with Gasteiger partial charge in [-0.15, -0.1) is 0 Å². The highest BCUT2D eigenvalue weighted by atomic mass is 19.4. The lowest BCUT2D eigenvalue weighted by atomic mass is 9.90. The largest absolute Gasteiger partial charge is 0.389 e. The molecule has 2 fully saturated rings. The summed E-state index contributed by atoms with van der Waals surface area (Å²) in [5.41, 5.74) is 0. The summed E-state index contributed by atoms with van der Waals surface area (Å²) < 4.78 is 47.0. The predicted molar refractivity (Wildman–Crippen MR) is 60.3 cm³/mol. The SMILES string of the molecule is O=C(CCC(F)(F)F)NC1CCC2(CC1)OCCO2. The van der Waals surface area contributed by atoms with E-state index in [1.807, 2.05) is 0 Å². The number of hydrogen-bond acceptors (Lipinski definition) is 3. The van der Waals surface area contributed by atoms with Crippen molar-refractivity contribution in [3.8, 4) is 0 Å². The number of alkyl halides is 3. The lowest BCUT2D eigenvalue weighted by molar-refractivity contribution is -0.180. The van der Waals surface area contributed by atoms with E-state index in [-0.39, 0.29) is 6.04 Å². The van der Waals surface area contributed by atoms with Gasteiger partial charge in [0.1, 0.15) is 0 Å². The second-order valence-corrected chi connectivity index (χ2v) is 5.06. The highest BCUT2D eigenvalue weighted by Crippen LogP contribution is 2.35. The van der Waals surface area contributed by atoms with E-state index in [2.05, 4.69) is 5.32 Å². The second kappa shape index (κ2) is 5.66. The van der Waals surface area contributed by atoms with E-state index in [4.69, 9.17) is 9.47 Å². The van der Waals surface area contributed by atoms with E-state index in [0.29, 0.717) is 38.9 Å². The molecule has 0 radical (unpaired) electrons. The summed E-state index contributed by atoms with van der Waals surface area (Å²) in [6.45, 7) is 1.17. The van der Waals surface area contributed by atoms with Crippen LogP contribution in [-0.2, 0) is 14.3 Å². The van der Waals surface area contributed by atoms with Crippen LogP contribution in [0, 0.1) is 0 Å². The second-order valence-electron chi connectivity index (χ2n) is 5.06. The minimum atomic E-state index is -4.28. The number of carbonyl (C=O) groups is 1. The quantitative estimate of drug-likeness (QED) is 0.862. The third kappa shape index (κ3) is 4.35. The molecule has 0 aromatic carbocycles. The van der Waals surface area contributed by atoms with Crippen molar-refractivity contribution >= 4 is 5.91 Å². The van der Waals surface area contributed by atoms with Crippen molar-refractivity contribution in [2.45, 2.75) is 56.5 Å². The first kappa shape index (κ1) is 14.6. The van der Waals surface area contributed by atoms with Crippen molar-refractivity contribution in [3.63, 3.8) is 0 Å². The Morgan fingerprint density at radius 1 is 1.21 bits per heavy atom. The molecule has 1 spiro atoms. The van der Waals surface area contributed by atoms with Crippen LogP contribution in [0.5, 0.6) is 0 Å². The Balaban J connectivity index is 1.69.